The summed E-state index contributed by atoms with van der Waals surface area (Å²) in [5.41, 5.74) is 2.58. The highest BCUT2D eigenvalue weighted by molar-refractivity contribution is 7.92. The summed E-state index contributed by atoms with van der Waals surface area (Å²) in [4.78, 5) is 12.8. The van der Waals surface area contributed by atoms with Gasteiger partial charge in [0.05, 0.1) is 17.5 Å². The predicted molar refractivity (Wildman–Crippen MR) is 126 cm³/mol. The SMILES string of the molecule is CCS(=O)(=O)N(CC(=O)N[C@H](C)c1ccc(C(C)(C)C)cc1)c1ccc2c(c1)OCCO2. The smallest absolute Gasteiger partial charge is 0.241 e. The number of carbonyl (C=O) groups is 1. The fourth-order valence-electron chi connectivity index (χ4n) is 3.47. The van der Waals surface area contributed by atoms with Gasteiger partial charge in [0.2, 0.25) is 15.9 Å². The van der Waals surface area contributed by atoms with E-state index in [0.29, 0.717) is 30.4 Å². The van der Waals surface area contributed by atoms with E-state index in [1.165, 1.54) is 5.56 Å². The van der Waals surface area contributed by atoms with Crippen LogP contribution in [0.25, 0.3) is 0 Å². The molecule has 1 aliphatic heterocycles. The van der Waals surface area contributed by atoms with Crippen molar-refractivity contribution in [2.75, 3.05) is 29.8 Å². The Balaban J connectivity index is 1.76. The summed E-state index contributed by atoms with van der Waals surface area (Å²) in [6, 6.07) is 12.7. The molecular formula is C24H32N2O5S. The Morgan fingerprint density at radius 3 is 2.28 bits per heavy atom. The van der Waals surface area contributed by atoms with Crippen molar-refractivity contribution >= 4 is 21.6 Å². The second-order valence-electron chi connectivity index (χ2n) is 8.90. The maximum absolute atomic E-state index is 12.8. The van der Waals surface area contributed by atoms with Crippen LogP contribution in [0.5, 0.6) is 11.5 Å². The number of hydrogen-bond acceptors (Lipinski definition) is 5. The number of amides is 1. The number of ether oxygens (including phenoxy) is 2. The molecule has 1 amide bonds. The highest BCUT2D eigenvalue weighted by atomic mass is 32.2. The second-order valence-corrected chi connectivity index (χ2v) is 11.1. The van der Waals surface area contributed by atoms with Gasteiger partial charge in [-0.1, -0.05) is 45.0 Å². The molecule has 174 valence electrons. The quantitative estimate of drug-likeness (QED) is 0.680. The van der Waals surface area contributed by atoms with Gasteiger partial charge in [-0.05, 0) is 42.5 Å². The van der Waals surface area contributed by atoms with Crippen LogP contribution in [0.2, 0.25) is 0 Å². The van der Waals surface area contributed by atoms with E-state index in [1.54, 1.807) is 25.1 Å². The lowest BCUT2D eigenvalue weighted by atomic mass is 9.86. The van der Waals surface area contributed by atoms with Gasteiger partial charge in [-0.2, -0.15) is 0 Å². The van der Waals surface area contributed by atoms with Gasteiger partial charge < -0.3 is 14.8 Å². The summed E-state index contributed by atoms with van der Waals surface area (Å²) in [6.07, 6.45) is 0. The van der Waals surface area contributed by atoms with Gasteiger partial charge in [0.25, 0.3) is 0 Å². The van der Waals surface area contributed by atoms with Crippen molar-refractivity contribution in [3.63, 3.8) is 0 Å². The first-order valence-electron chi connectivity index (χ1n) is 10.8. The summed E-state index contributed by atoms with van der Waals surface area (Å²) in [5.74, 6) is 0.520. The van der Waals surface area contributed by atoms with E-state index in [2.05, 4.69) is 38.2 Å². The van der Waals surface area contributed by atoms with Gasteiger partial charge in [-0.3, -0.25) is 9.10 Å². The summed E-state index contributed by atoms with van der Waals surface area (Å²) in [7, 11) is -3.68. The molecule has 0 fully saturated rings. The van der Waals surface area contributed by atoms with Crippen molar-refractivity contribution < 1.29 is 22.7 Å². The van der Waals surface area contributed by atoms with Crippen LogP contribution in [-0.2, 0) is 20.2 Å². The minimum Gasteiger partial charge on any atom is -0.486 e. The molecule has 1 atom stereocenters. The number of nitrogens with one attached hydrogen (secondary N) is 1. The molecule has 8 heteroatoms. The fourth-order valence-corrected chi connectivity index (χ4v) is 4.53. The molecule has 0 bridgehead atoms. The molecule has 7 nitrogen and oxygen atoms in total. The first kappa shape index (κ1) is 23.9. The van der Waals surface area contributed by atoms with E-state index in [1.807, 2.05) is 19.1 Å². The van der Waals surface area contributed by atoms with Crippen molar-refractivity contribution in [2.45, 2.75) is 46.1 Å². The van der Waals surface area contributed by atoms with Crippen LogP contribution in [0.1, 0.15) is 51.8 Å². The Kier molecular flexibility index (Phi) is 7.03. The molecule has 2 aromatic rings. The van der Waals surface area contributed by atoms with E-state index < -0.39 is 10.0 Å². The summed E-state index contributed by atoms with van der Waals surface area (Å²) < 4.78 is 37.7. The molecule has 0 unspecified atom stereocenters. The lowest BCUT2D eigenvalue weighted by molar-refractivity contribution is -0.120. The molecule has 1 N–H and O–H groups in total. The Bertz CT molecular complexity index is 1060. The zero-order valence-electron chi connectivity index (χ0n) is 19.3. The van der Waals surface area contributed by atoms with Crippen molar-refractivity contribution in [1.82, 2.24) is 5.32 Å². The third-order valence-corrected chi connectivity index (χ3v) is 7.20. The van der Waals surface area contributed by atoms with Gasteiger partial charge in [-0.25, -0.2) is 8.42 Å². The number of fused-ring (bicyclic) bond motifs is 1. The average Bonchev–Trinajstić information content (AvgIpc) is 2.76. The van der Waals surface area contributed by atoms with Crippen molar-refractivity contribution in [2.24, 2.45) is 0 Å². The number of hydrogen-bond donors (Lipinski definition) is 1. The molecule has 0 radical (unpaired) electrons. The monoisotopic (exact) mass is 460 g/mol. The fraction of sp³-hybridized carbons (Fsp3) is 0.458. The van der Waals surface area contributed by atoms with Crippen LogP contribution in [-0.4, -0.2) is 39.8 Å². The molecule has 1 aliphatic rings. The molecular weight excluding hydrogens is 428 g/mol. The highest BCUT2D eigenvalue weighted by Gasteiger charge is 2.26. The zero-order valence-corrected chi connectivity index (χ0v) is 20.2. The van der Waals surface area contributed by atoms with E-state index in [0.717, 1.165) is 9.87 Å². The Labute approximate surface area is 190 Å². The molecule has 0 saturated heterocycles. The van der Waals surface area contributed by atoms with Crippen LogP contribution < -0.4 is 19.1 Å². The maximum Gasteiger partial charge on any atom is 0.241 e. The van der Waals surface area contributed by atoms with E-state index >= 15 is 0 Å². The van der Waals surface area contributed by atoms with Crippen molar-refractivity contribution in [3.8, 4) is 11.5 Å². The molecule has 0 spiro atoms. The maximum atomic E-state index is 12.8. The first-order valence-corrected chi connectivity index (χ1v) is 12.4. The number of carbonyl (C=O) groups excluding carboxylic acids is 1. The number of rotatable bonds is 7. The van der Waals surface area contributed by atoms with Crippen molar-refractivity contribution in [1.29, 1.82) is 0 Å². The first-order chi connectivity index (χ1) is 15.0. The molecule has 0 saturated carbocycles. The lowest BCUT2D eigenvalue weighted by Gasteiger charge is -2.26. The predicted octanol–water partition coefficient (Wildman–Crippen LogP) is 3.79. The molecule has 3 rings (SSSR count). The minimum absolute atomic E-state index is 0.0453. The van der Waals surface area contributed by atoms with Crippen LogP contribution in [0, 0.1) is 0 Å². The van der Waals surface area contributed by atoms with E-state index in [9.17, 15) is 13.2 Å². The minimum atomic E-state index is -3.68. The van der Waals surface area contributed by atoms with E-state index in [4.69, 9.17) is 9.47 Å². The Hall–Kier alpha value is -2.74. The van der Waals surface area contributed by atoms with Crippen molar-refractivity contribution in [3.05, 3.63) is 53.6 Å². The van der Waals surface area contributed by atoms with Crippen LogP contribution in [0.4, 0.5) is 5.69 Å². The molecule has 0 aliphatic carbocycles. The summed E-state index contributed by atoms with van der Waals surface area (Å²) in [6.45, 7) is 10.4. The largest absolute Gasteiger partial charge is 0.486 e. The van der Waals surface area contributed by atoms with Gasteiger partial charge in [0, 0.05) is 6.07 Å². The van der Waals surface area contributed by atoms with Crippen LogP contribution >= 0.6 is 0 Å². The number of sulfonamides is 1. The van der Waals surface area contributed by atoms with Gasteiger partial charge >= 0.3 is 0 Å². The number of benzene rings is 2. The molecule has 0 aromatic heterocycles. The number of nitrogens with zero attached hydrogens (tertiary/aromatic N) is 1. The molecule has 32 heavy (non-hydrogen) atoms. The molecule has 2 aromatic carbocycles. The third-order valence-electron chi connectivity index (χ3n) is 5.46. The Morgan fingerprint density at radius 2 is 1.69 bits per heavy atom. The van der Waals surface area contributed by atoms with Crippen LogP contribution in [0.15, 0.2) is 42.5 Å². The normalized spacial score (nSPS) is 14.5. The van der Waals surface area contributed by atoms with Gasteiger partial charge in [-0.15, -0.1) is 0 Å². The third kappa shape index (κ3) is 5.54. The summed E-state index contributed by atoms with van der Waals surface area (Å²) in [5, 5.41) is 2.91. The zero-order chi connectivity index (χ0) is 23.5. The van der Waals surface area contributed by atoms with Gasteiger partial charge in [0.15, 0.2) is 11.5 Å². The second kappa shape index (κ2) is 9.40. The lowest BCUT2D eigenvalue weighted by Crippen LogP contribution is -2.42. The van der Waals surface area contributed by atoms with Crippen LogP contribution in [0.3, 0.4) is 0 Å². The van der Waals surface area contributed by atoms with Gasteiger partial charge in [0.1, 0.15) is 19.8 Å². The highest BCUT2D eigenvalue weighted by Crippen LogP contribution is 2.35. The standard InChI is InChI=1S/C24H32N2O5S/c1-6-32(28,29)26(20-11-12-21-22(15-20)31-14-13-30-21)16-23(27)25-17(2)18-7-9-19(10-8-18)24(3,4)5/h7-12,15,17H,6,13-14,16H2,1-5H3,(H,25,27)/t17-/m1/s1. The number of anilines is 1. The average molecular weight is 461 g/mol. The molecule has 1 heterocycles. The summed E-state index contributed by atoms with van der Waals surface area (Å²) >= 11 is 0. The Morgan fingerprint density at radius 1 is 1.06 bits per heavy atom. The topological polar surface area (TPSA) is 84.9 Å². The van der Waals surface area contributed by atoms with E-state index in [-0.39, 0.29) is 29.7 Å².